The van der Waals surface area contributed by atoms with Crippen molar-refractivity contribution in [2.45, 2.75) is 12.5 Å². The highest BCUT2D eigenvalue weighted by molar-refractivity contribution is 7.11. The minimum atomic E-state index is -0.811. The molecule has 0 bridgehead atoms. The summed E-state index contributed by atoms with van der Waals surface area (Å²) in [5.74, 6) is -0.988. The van der Waals surface area contributed by atoms with E-state index in [1.54, 1.807) is 0 Å². The second-order valence-corrected chi connectivity index (χ2v) is 4.63. The van der Waals surface area contributed by atoms with Gasteiger partial charge in [-0.25, -0.2) is 15.6 Å². The first-order valence-corrected chi connectivity index (χ1v) is 6.25. The van der Waals surface area contributed by atoms with E-state index in [9.17, 15) is 14.4 Å². The molecule has 1 atom stereocenters. The molecule has 2 rings (SSSR count). The highest BCUT2D eigenvalue weighted by Gasteiger charge is 2.27. The summed E-state index contributed by atoms with van der Waals surface area (Å²) in [6, 6.07) is 2.27. The maximum absolute atomic E-state index is 11.5. The van der Waals surface area contributed by atoms with E-state index in [2.05, 4.69) is 21.4 Å². The van der Waals surface area contributed by atoms with Crippen molar-refractivity contribution in [2.24, 2.45) is 5.10 Å². The Morgan fingerprint density at radius 1 is 1.53 bits per heavy atom. The number of hydrazine groups is 1. The van der Waals surface area contributed by atoms with E-state index in [-0.39, 0.29) is 6.42 Å². The minimum Gasteiger partial charge on any atom is -0.276 e. The fourth-order valence-corrected chi connectivity index (χ4v) is 1.94. The third-order valence-corrected chi connectivity index (χ3v) is 3.03. The Labute approximate surface area is 112 Å². The summed E-state index contributed by atoms with van der Waals surface area (Å²) in [5.41, 5.74) is 6.94. The Morgan fingerprint density at radius 2 is 2.37 bits per heavy atom. The molecule has 0 saturated carbocycles. The third-order valence-electron chi connectivity index (χ3n) is 2.23. The van der Waals surface area contributed by atoms with Gasteiger partial charge in [0.15, 0.2) is 0 Å². The summed E-state index contributed by atoms with van der Waals surface area (Å²) >= 11 is 1.49. The van der Waals surface area contributed by atoms with Crippen LogP contribution in [0.4, 0.5) is 4.79 Å². The lowest BCUT2D eigenvalue weighted by atomic mass is 10.2. The normalized spacial score (nSPS) is 19.1. The SMILES string of the molecule is O=C(CC1NNC(=O)NC1=O)N/N=C/c1cccs1. The molecule has 1 aromatic rings. The molecular weight excluding hydrogens is 270 g/mol. The Bertz CT molecular complexity index is 513. The number of rotatable bonds is 4. The molecule has 1 aliphatic heterocycles. The van der Waals surface area contributed by atoms with Crippen LogP contribution in [-0.2, 0) is 9.59 Å². The maximum Gasteiger partial charge on any atom is 0.335 e. The largest absolute Gasteiger partial charge is 0.335 e. The number of thiophene rings is 1. The molecule has 4 amide bonds. The molecule has 0 aromatic carbocycles. The van der Waals surface area contributed by atoms with E-state index < -0.39 is 23.9 Å². The van der Waals surface area contributed by atoms with Gasteiger partial charge in [-0.2, -0.15) is 5.10 Å². The van der Waals surface area contributed by atoms with Crippen LogP contribution in [0.25, 0.3) is 0 Å². The van der Waals surface area contributed by atoms with Crippen LogP contribution >= 0.6 is 11.3 Å². The molecular formula is C10H11N5O3S. The van der Waals surface area contributed by atoms with Crippen molar-refractivity contribution in [1.29, 1.82) is 0 Å². The van der Waals surface area contributed by atoms with Gasteiger partial charge in [-0.3, -0.25) is 20.3 Å². The number of carbonyl (C=O) groups is 3. The Hall–Kier alpha value is -2.26. The van der Waals surface area contributed by atoms with Gasteiger partial charge in [0.1, 0.15) is 6.04 Å². The minimum absolute atomic E-state index is 0.131. The average molecular weight is 281 g/mol. The molecule has 4 N–H and O–H groups in total. The van der Waals surface area contributed by atoms with Crippen LogP contribution in [0.2, 0.25) is 0 Å². The summed E-state index contributed by atoms with van der Waals surface area (Å²) in [4.78, 5) is 34.5. The summed E-state index contributed by atoms with van der Waals surface area (Å²) in [5, 5.41) is 7.69. The quantitative estimate of drug-likeness (QED) is 0.432. The van der Waals surface area contributed by atoms with Crippen LogP contribution in [0.15, 0.2) is 22.6 Å². The lowest BCUT2D eigenvalue weighted by molar-refractivity contribution is -0.128. The molecule has 1 fully saturated rings. The standard InChI is InChI=1S/C10H11N5O3S/c16-8(14-11-5-6-2-1-3-19-6)4-7-9(17)12-10(18)15-13-7/h1-3,5,7,13H,4H2,(H,14,16)(H2,12,15,17,18)/b11-5+. The van der Waals surface area contributed by atoms with E-state index in [0.717, 1.165) is 4.88 Å². The molecule has 1 unspecified atom stereocenters. The van der Waals surface area contributed by atoms with Crippen LogP contribution < -0.4 is 21.6 Å². The van der Waals surface area contributed by atoms with Gasteiger partial charge in [0.25, 0.3) is 0 Å². The first kappa shape index (κ1) is 13.2. The Balaban J connectivity index is 1.78. The third kappa shape index (κ3) is 3.86. The number of hydrogen-bond acceptors (Lipinski definition) is 6. The summed E-state index contributed by atoms with van der Waals surface area (Å²) in [6.07, 6.45) is 1.38. The van der Waals surface area contributed by atoms with Gasteiger partial charge in [-0.15, -0.1) is 11.3 Å². The first-order valence-electron chi connectivity index (χ1n) is 5.37. The fraction of sp³-hybridized carbons (Fsp3) is 0.200. The number of nitrogens with zero attached hydrogens (tertiary/aromatic N) is 1. The van der Waals surface area contributed by atoms with Crippen LogP contribution in [0.3, 0.4) is 0 Å². The van der Waals surface area contributed by atoms with Gasteiger partial charge in [0.05, 0.1) is 12.6 Å². The molecule has 1 saturated heterocycles. The van der Waals surface area contributed by atoms with Crippen LogP contribution in [0.1, 0.15) is 11.3 Å². The van der Waals surface area contributed by atoms with E-state index in [1.165, 1.54) is 17.6 Å². The molecule has 1 aromatic heterocycles. The first-order chi connectivity index (χ1) is 9.15. The van der Waals surface area contributed by atoms with Crippen molar-refractivity contribution >= 4 is 35.4 Å². The van der Waals surface area contributed by atoms with E-state index in [0.29, 0.717) is 0 Å². The average Bonchev–Trinajstić information content (AvgIpc) is 2.86. The lowest BCUT2D eigenvalue weighted by Crippen LogP contribution is -2.63. The smallest absolute Gasteiger partial charge is 0.276 e. The lowest BCUT2D eigenvalue weighted by Gasteiger charge is -2.22. The molecule has 19 heavy (non-hydrogen) atoms. The van der Waals surface area contributed by atoms with Gasteiger partial charge < -0.3 is 0 Å². The number of hydrazone groups is 1. The highest BCUT2D eigenvalue weighted by atomic mass is 32.1. The zero-order valence-corrected chi connectivity index (χ0v) is 10.5. The summed E-state index contributed by atoms with van der Waals surface area (Å²) in [6.45, 7) is 0. The predicted molar refractivity (Wildman–Crippen MR) is 68.3 cm³/mol. The number of carbonyl (C=O) groups excluding carboxylic acids is 3. The monoisotopic (exact) mass is 281 g/mol. The molecule has 0 aliphatic carbocycles. The van der Waals surface area contributed by atoms with E-state index >= 15 is 0 Å². The molecule has 0 radical (unpaired) electrons. The van der Waals surface area contributed by atoms with Gasteiger partial charge >= 0.3 is 6.03 Å². The van der Waals surface area contributed by atoms with Gasteiger partial charge in [0.2, 0.25) is 11.8 Å². The topological polar surface area (TPSA) is 112 Å². The zero-order valence-electron chi connectivity index (χ0n) is 9.67. The summed E-state index contributed by atoms with van der Waals surface area (Å²) < 4.78 is 0. The number of nitrogens with one attached hydrogen (secondary N) is 4. The number of amides is 4. The van der Waals surface area contributed by atoms with Crippen molar-refractivity contribution in [3.63, 3.8) is 0 Å². The van der Waals surface area contributed by atoms with E-state index in [1.807, 2.05) is 22.8 Å². The second-order valence-electron chi connectivity index (χ2n) is 3.65. The molecule has 9 heteroatoms. The van der Waals surface area contributed by atoms with Crippen molar-refractivity contribution in [2.75, 3.05) is 0 Å². The van der Waals surface area contributed by atoms with Crippen molar-refractivity contribution < 1.29 is 14.4 Å². The molecule has 0 spiro atoms. The number of imide groups is 1. The number of urea groups is 1. The number of hydrogen-bond donors (Lipinski definition) is 4. The van der Waals surface area contributed by atoms with Gasteiger partial charge in [-0.05, 0) is 11.4 Å². The maximum atomic E-state index is 11.5. The van der Waals surface area contributed by atoms with Crippen LogP contribution in [0, 0.1) is 0 Å². The Kier molecular flexibility index (Phi) is 4.21. The second kappa shape index (κ2) is 6.07. The fourth-order valence-electron chi connectivity index (χ4n) is 1.36. The molecule has 1 aliphatic rings. The van der Waals surface area contributed by atoms with E-state index in [4.69, 9.17) is 0 Å². The van der Waals surface area contributed by atoms with Crippen LogP contribution in [0.5, 0.6) is 0 Å². The van der Waals surface area contributed by atoms with Crippen molar-refractivity contribution in [3.05, 3.63) is 22.4 Å². The molecule has 2 heterocycles. The van der Waals surface area contributed by atoms with Gasteiger partial charge in [0, 0.05) is 4.88 Å². The van der Waals surface area contributed by atoms with Crippen molar-refractivity contribution in [3.8, 4) is 0 Å². The van der Waals surface area contributed by atoms with Crippen LogP contribution in [-0.4, -0.2) is 30.1 Å². The molecule has 100 valence electrons. The predicted octanol–water partition coefficient (Wildman–Crippen LogP) is -0.699. The molecule has 8 nitrogen and oxygen atoms in total. The highest BCUT2D eigenvalue weighted by Crippen LogP contribution is 2.04. The van der Waals surface area contributed by atoms with Crippen molar-refractivity contribution in [1.82, 2.24) is 21.6 Å². The van der Waals surface area contributed by atoms with Gasteiger partial charge in [-0.1, -0.05) is 6.07 Å². The Morgan fingerprint density at radius 3 is 3.05 bits per heavy atom. The summed E-state index contributed by atoms with van der Waals surface area (Å²) in [7, 11) is 0. The zero-order chi connectivity index (χ0) is 13.7.